The number of nitrogens with zero attached hydrogens (tertiary/aromatic N) is 2. The van der Waals surface area contributed by atoms with E-state index in [1.807, 2.05) is 29.0 Å². The first-order chi connectivity index (χ1) is 8.63. The predicted molar refractivity (Wildman–Crippen MR) is 72.5 cm³/mol. The molecule has 2 rings (SSSR count). The van der Waals surface area contributed by atoms with Gasteiger partial charge in [-0.15, -0.1) is 0 Å². The number of hydrogen-bond donors (Lipinski definition) is 2. The van der Waals surface area contributed by atoms with Crippen molar-refractivity contribution in [2.75, 3.05) is 0 Å². The van der Waals surface area contributed by atoms with E-state index in [2.05, 4.69) is 5.16 Å². The van der Waals surface area contributed by atoms with Gasteiger partial charge >= 0.3 is 0 Å². The lowest BCUT2D eigenvalue weighted by atomic mass is 10.2. The molecule has 1 aromatic carbocycles. The third-order valence-electron chi connectivity index (χ3n) is 2.57. The number of benzene rings is 1. The first-order valence-electron chi connectivity index (χ1n) is 5.19. The summed E-state index contributed by atoms with van der Waals surface area (Å²) in [5.41, 5.74) is 7.07. The van der Waals surface area contributed by atoms with Crippen molar-refractivity contribution >= 4 is 29.0 Å². The first kappa shape index (κ1) is 12.8. The zero-order valence-electron chi connectivity index (χ0n) is 9.35. The van der Waals surface area contributed by atoms with Gasteiger partial charge in [-0.25, -0.2) is 0 Å². The molecule has 6 heteroatoms. The van der Waals surface area contributed by atoms with Gasteiger partial charge in [-0.1, -0.05) is 40.5 Å². The van der Waals surface area contributed by atoms with Crippen LogP contribution in [0.2, 0.25) is 10.0 Å². The van der Waals surface area contributed by atoms with E-state index in [-0.39, 0.29) is 5.84 Å². The van der Waals surface area contributed by atoms with Gasteiger partial charge in [-0.2, -0.15) is 0 Å². The van der Waals surface area contributed by atoms with Crippen LogP contribution in [0.5, 0.6) is 0 Å². The van der Waals surface area contributed by atoms with Gasteiger partial charge in [0.25, 0.3) is 0 Å². The summed E-state index contributed by atoms with van der Waals surface area (Å²) < 4.78 is 1.83. The Kier molecular flexibility index (Phi) is 3.79. The summed E-state index contributed by atoms with van der Waals surface area (Å²) in [6, 6.07) is 9.01. The van der Waals surface area contributed by atoms with Crippen LogP contribution in [0.25, 0.3) is 0 Å². The zero-order chi connectivity index (χ0) is 13.1. The highest BCUT2D eigenvalue weighted by atomic mass is 35.5. The van der Waals surface area contributed by atoms with Crippen LogP contribution in [0, 0.1) is 0 Å². The van der Waals surface area contributed by atoms with Gasteiger partial charge in [0.05, 0.1) is 15.7 Å². The summed E-state index contributed by atoms with van der Waals surface area (Å²) in [6.07, 6.45) is 1.82. The molecule has 0 saturated heterocycles. The highest BCUT2D eigenvalue weighted by molar-refractivity contribution is 6.42. The zero-order valence-corrected chi connectivity index (χ0v) is 10.9. The number of oxime groups is 1. The van der Waals surface area contributed by atoms with Crippen molar-refractivity contribution in [1.29, 1.82) is 0 Å². The van der Waals surface area contributed by atoms with Crippen LogP contribution in [-0.2, 0) is 6.54 Å². The summed E-state index contributed by atoms with van der Waals surface area (Å²) in [5.74, 6) is 0.0538. The Hall–Kier alpha value is -1.65. The fourth-order valence-electron chi connectivity index (χ4n) is 1.69. The number of amidine groups is 1. The number of halogens is 2. The molecule has 0 bridgehead atoms. The van der Waals surface area contributed by atoms with Crippen LogP contribution in [0.1, 0.15) is 11.3 Å². The molecule has 0 spiro atoms. The second-order valence-corrected chi connectivity index (χ2v) is 4.50. The van der Waals surface area contributed by atoms with Crippen LogP contribution in [0.15, 0.2) is 41.7 Å². The number of aromatic nitrogens is 1. The normalized spacial score (nSPS) is 11.8. The molecule has 1 heterocycles. The second kappa shape index (κ2) is 5.33. The fraction of sp³-hybridized carbons (Fsp3) is 0.0833. The Balaban J connectivity index is 2.35. The van der Waals surface area contributed by atoms with Crippen LogP contribution in [0.4, 0.5) is 0 Å². The molecule has 0 aliphatic rings. The van der Waals surface area contributed by atoms with Crippen molar-refractivity contribution in [2.45, 2.75) is 6.54 Å². The Labute approximate surface area is 114 Å². The second-order valence-electron chi connectivity index (χ2n) is 3.72. The van der Waals surface area contributed by atoms with Gasteiger partial charge in [0.1, 0.15) is 0 Å². The van der Waals surface area contributed by atoms with Gasteiger partial charge in [0.2, 0.25) is 0 Å². The number of nitrogens with two attached hydrogens (primary N) is 1. The van der Waals surface area contributed by atoms with Crippen LogP contribution in [0.3, 0.4) is 0 Å². The first-order valence-corrected chi connectivity index (χ1v) is 5.95. The van der Waals surface area contributed by atoms with E-state index in [4.69, 9.17) is 34.1 Å². The van der Waals surface area contributed by atoms with E-state index in [1.165, 1.54) is 0 Å². The van der Waals surface area contributed by atoms with Gasteiger partial charge < -0.3 is 15.5 Å². The van der Waals surface area contributed by atoms with E-state index >= 15 is 0 Å². The highest BCUT2D eigenvalue weighted by Crippen LogP contribution is 2.26. The van der Waals surface area contributed by atoms with Crippen molar-refractivity contribution in [3.05, 3.63) is 57.8 Å². The Morgan fingerprint density at radius 3 is 2.78 bits per heavy atom. The molecule has 0 fully saturated rings. The summed E-state index contributed by atoms with van der Waals surface area (Å²) >= 11 is 12.1. The molecule has 0 amide bonds. The fourth-order valence-corrected chi connectivity index (χ4v) is 2.07. The molecular formula is C12H11Cl2N3O. The number of hydrogen-bond acceptors (Lipinski definition) is 2. The topological polar surface area (TPSA) is 63.5 Å². The summed E-state index contributed by atoms with van der Waals surface area (Å²) in [5, 5.41) is 12.7. The minimum absolute atomic E-state index is 0.0538. The molecule has 0 aliphatic heterocycles. The van der Waals surface area contributed by atoms with E-state index in [0.29, 0.717) is 22.3 Å². The van der Waals surface area contributed by atoms with Gasteiger partial charge in [-0.05, 0) is 23.8 Å². The molecule has 18 heavy (non-hydrogen) atoms. The van der Waals surface area contributed by atoms with E-state index in [1.54, 1.807) is 12.1 Å². The SMILES string of the molecule is N/C(=N/O)c1cccn1Cc1cccc(Cl)c1Cl. The van der Waals surface area contributed by atoms with Gasteiger partial charge in [-0.3, -0.25) is 0 Å². The molecule has 0 radical (unpaired) electrons. The molecule has 1 aromatic heterocycles. The average molecular weight is 284 g/mol. The van der Waals surface area contributed by atoms with Crippen molar-refractivity contribution in [1.82, 2.24) is 4.57 Å². The smallest absolute Gasteiger partial charge is 0.186 e. The summed E-state index contributed by atoms with van der Waals surface area (Å²) in [4.78, 5) is 0. The predicted octanol–water partition coefficient (Wildman–Crippen LogP) is 2.94. The molecule has 0 aliphatic carbocycles. The van der Waals surface area contributed by atoms with E-state index in [9.17, 15) is 0 Å². The lowest BCUT2D eigenvalue weighted by Gasteiger charge is -2.10. The van der Waals surface area contributed by atoms with Crippen molar-refractivity contribution in [3.63, 3.8) is 0 Å². The number of rotatable bonds is 3. The highest BCUT2D eigenvalue weighted by Gasteiger charge is 2.09. The third-order valence-corrected chi connectivity index (χ3v) is 3.43. The Morgan fingerprint density at radius 1 is 1.28 bits per heavy atom. The summed E-state index contributed by atoms with van der Waals surface area (Å²) in [7, 11) is 0. The maximum absolute atomic E-state index is 8.70. The lowest BCUT2D eigenvalue weighted by Crippen LogP contribution is -2.18. The van der Waals surface area contributed by atoms with Crippen molar-refractivity contribution < 1.29 is 5.21 Å². The maximum Gasteiger partial charge on any atom is 0.186 e. The molecule has 0 atom stereocenters. The molecular weight excluding hydrogens is 273 g/mol. The largest absolute Gasteiger partial charge is 0.409 e. The average Bonchev–Trinajstić information content (AvgIpc) is 2.82. The van der Waals surface area contributed by atoms with Gasteiger partial charge in [0, 0.05) is 12.7 Å². The molecule has 2 aromatic rings. The molecule has 4 nitrogen and oxygen atoms in total. The van der Waals surface area contributed by atoms with Crippen LogP contribution in [-0.4, -0.2) is 15.6 Å². The standard InChI is InChI=1S/C12H11Cl2N3O/c13-9-4-1-3-8(11(9)14)7-17-6-2-5-10(17)12(15)16-18/h1-6,18H,7H2,(H2,15,16). The minimum Gasteiger partial charge on any atom is -0.409 e. The van der Waals surface area contributed by atoms with Crippen molar-refractivity contribution in [2.24, 2.45) is 10.9 Å². The van der Waals surface area contributed by atoms with Crippen molar-refractivity contribution in [3.8, 4) is 0 Å². The Bertz CT molecular complexity index is 593. The molecule has 0 saturated carbocycles. The molecule has 0 unspecified atom stereocenters. The third kappa shape index (κ3) is 2.44. The lowest BCUT2D eigenvalue weighted by molar-refractivity contribution is 0.318. The quantitative estimate of drug-likeness (QED) is 0.394. The van der Waals surface area contributed by atoms with Gasteiger partial charge in [0.15, 0.2) is 5.84 Å². The van der Waals surface area contributed by atoms with Crippen LogP contribution >= 0.6 is 23.2 Å². The Morgan fingerprint density at radius 2 is 2.06 bits per heavy atom. The van der Waals surface area contributed by atoms with E-state index in [0.717, 1.165) is 5.56 Å². The molecule has 3 N–H and O–H groups in total. The van der Waals surface area contributed by atoms with E-state index < -0.39 is 0 Å². The maximum atomic E-state index is 8.70. The van der Waals surface area contributed by atoms with Crippen LogP contribution < -0.4 is 5.73 Å². The minimum atomic E-state index is 0.0538. The molecule has 94 valence electrons. The summed E-state index contributed by atoms with van der Waals surface area (Å²) in [6.45, 7) is 0.498. The monoisotopic (exact) mass is 283 g/mol.